The van der Waals surface area contributed by atoms with Gasteiger partial charge in [-0.25, -0.2) is 0 Å². The van der Waals surface area contributed by atoms with Gasteiger partial charge >= 0.3 is 6.61 Å². The molecule has 0 amide bonds. The minimum Gasteiger partial charge on any atom is -0.435 e. The zero-order chi connectivity index (χ0) is 16.9. The molecule has 0 aliphatic carbocycles. The van der Waals surface area contributed by atoms with Crippen LogP contribution in [0.25, 0.3) is 11.4 Å². The van der Waals surface area contributed by atoms with E-state index in [1.807, 2.05) is 23.7 Å². The number of para-hydroxylation sites is 1. The normalized spacial score (nSPS) is 11.0. The van der Waals surface area contributed by atoms with E-state index >= 15 is 0 Å². The quantitative estimate of drug-likeness (QED) is 0.635. The Morgan fingerprint density at radius 1 is 1.17 bits per heavy atom. The number of ether oxygens (including phenoxy) is 1. The van der Waals surface area contributed by atoms with Gasteiger partial charge in [0, 0.05) is 36.3 Å². The van der Waals surface area contributed by atoms with E-state index < -0.39 is 6.61 Å². The zero-order valence-electron chi connectivity index (χ0n) is 12.8. The smallest absolute Gasteiger partial charge is 0.387 e. The molecular formula is C16H14F2N4OS. The molecule has 0 atom stereocenters. The first kappa shape index (κ1) is 16.4. The van der Waals surface area contributed by atoms with E-state index in [4.69, 9.17) is 0 Å². The van der Waals surface area contributed by atoms with Gasteiger partial charge in [-0.2, -0.15) is 8.78 Å². The summed E-state index contributed by atoms with van der Waals surface area (Å²) >= 11 is 1.40. The first-order valence-corrected chi connectivity index (χ1v) is 8.09. The zero-order valence-corrected chi connectivity index (χ0v) is 13.6. The summed E-state index contributed by atoms with van der Waals surface area (Å²) < 4.78 is 31.3. The largest absolute Gasteiger partial charge is 0.435 e. The lowest BCUT2D eigenvalue weighted by atomic mass is 10.2. The number of hydrogen-bond donors (Lipinski definition) is 0. The van der Waals surface area contributed by atoms with Gasteiger partial charge in [-0.05, 0) is 18.2 Å². The van der Waals surface area contributed by atoms with Crippen molar-refractivity contribution in [3.05, 3.63) is 54.4 Å². The SMILES string of the molecule is Cn1c(SCc2ccccc2OC(F)F)nnc1-c1cccnc1. The van der Waals surface area contributed by atoms with Gasteiger partial charge in [-0.3, -0.25) is 4.98 Å². The van der Waals surface area contributed by atoms with Crippen molar-refractivity contribution >= 4 is 11.8 Å². The van der Waals surface area contributed by atoms with Crippen molar-refractivity contribution in [3.8, 4) is 17.1 Å². The number of rotatable bonds is 6. The average Bonchev–Trinajstić information content (AvgIpc) is 2.95. The maximum Gasteiger partial charge on any atom is 0.387 e. The Kier molecular flexibility index (Phi) is 5.05. The van der Waals surface area contributed by atoms with Crippen molar-refractivity contribution in [2.45, 2.75) is 17.5 Å². The van der Waals surface area contributed by atoms with E-state index in [9.17, 15) is 8.78 Å². The van der Waals surface area contributed by atoms with Gasteiger partial charge in [-0.15, -0.1) is 10.2 Å². The van der Waals surface area contributed by atoms with Crippen molar-refractivity contribution in [2.75, 3.05) is 0 Å². The van der Waals surface area contributed by atoms with Crippen molar-refractivity contribution in [1.29, 1.82) is 0 Å². The van der Waals surface area contributed by atoms with Crippen LogP contribution in [0.3, 0.4) is 0 Å². The summed E-state index contributed by atoms with van der Waals surface area (Å²) in [6, 6.07) is 10.5. The van der Waals surface area contributed by atoms with Crippen LogP contribution in [-0.4, -0.2) is 26.4 Å². The molecule has 0 N–H and O–H groups in total. The van der Waals surface area contributed by atoms with E-state index in [2.05, 4.69) is 19.9 Å². The molecule has 5 nitrogen and oxygen atoms in total. The average molecular weight is 348 g/mol. The summed E-state index contributed by atoms with van der Waals surface area (Å²) in [6.45, 7) is -2.84. The molecule has 0 saturated carbocycles. The van der Waals surface area contributed by atoms with Crippen LogP contribution in [0.2, 0.25) is 0 Å². The maximum absolute atomic E-state index is 12.5. The second-order valence-corrected chi connectivity index (χ2v) is 5.82. The first-order chi connectivity index (χ1) is 11.6. The molecule has 124 valence electrons. The molecule has 2 aromatic heterocycles. The predicted molar refractivity (Wildman–Crippen MR) is 86.9 cm³/mol. The fraction of sp³-hybridized carbons (Fsp3) is 0.188. The van der Waals surface area contributed by atoms with Crippen LogP contribution in [0.5, 0.6) is 5.75 Å². The number of hydrogen-bond acceptors (Lipinski definition) is 5. The fourth-order valence-electron chi connectivity index (χ4n) is 2.16. The Morgan fingerprint density at radius 3 is 2.75 bits per heavy atom. The molecule has 0 unspecified atom stereocenters. The molecule has 24 heavy (non-hydrogen) atoms. The topological polar surface area (TPSA) is 52.8 Å². The van der Waals surface area contributed by atoms with Crippen molar-refractivity contribution in [3.63, 3.8) is 0 Å². The van der Waals surface area contributed by atoms with Gasteiger partial charge in [0.15, 0.2) is 11.0 Å². The van der Waals surface area contributed by atoms with Gasteiger partial charge in [0.1, 0.15) is 5.75 Å². The Bertz CT molecular complexity index is 811. The number of nitrogens with zero attached hydrogens (tertiary/aromatic N) is 4. The first-order valence-electron chi connectivity index (χ1n) is 7.10. The van der Waals surface area contributed by atoms with E-state index in [0.29, 0.717) is 22.3 Å². The number of alkyl halides is 2. The number of thioether (sulfide) groups is 1. The predicted octanol–water partition coefficient (Wildman–Crippen LogP) is 3.77. The minimum absolute atomic E-state index is 0.176. The highest BCUT2D eigenvalue weighted by molar-refractivity contribution is 7.98. The Morgan fingerprint density at radius 2 is 2.00 bits per heavy atom. The number of pyridine rings is 1. The molecule has 0 fully saturated rings. The summed E-state index contributed by atoms with van der Waals surface area (Å²) in [5, 5.41) is 9.01. The summed E-state index contributed by atoms with van der Waals surface area (Å²) in [4.78, 5) is 4.07. The monoisotopic (exact) mass is 348 g/mol. The summed E-state index contributed by atoms with van der Waals surface area (Å²) in [5.41, 5.74) is 1.54. The molecule has 2 heterocycles. The number of halogens is 2. The van der Waals surface area contributed by atoms with Crippen LogP contribution >= 0.6 is 11.8 Å². The van der Waals surface area contributed by atoms with Crippen molar-refractivity contribution in [1.82, 2.24) is 19.7 Å². The lowest BCUT2D eigenvalue weighted by Gasteiger charge is -2.10. The molecule has 3 aromatic rings. The standard InChI is InChI=1S/C16H14F2N4OS/c1-22-14(11-6-4-8-19-9-11)20-21-16(22)24-10-12-5-2-3-7-13(12)23-15(17)18/h2-9,15H,10H2,1H3. The van der Waals surface area contributed by atoms with Gasteiger partial charge in [0.05, 0.1) is 0 Å². The van der Waals surface area contributed by atoms with Gasteiger partial charge in [0.2, 0.25) is 0 Å². The molecule has 0 aliphatic rings. The number of aromatic nitrogens is 4. The van der Waals surface area contributed by atoms with Crippen LogP contribution in [-0.2, 0) is 12.8 Å². The molecular weight excluding hydrogens is 334 g/mol. The molecule has 0 spiro atoms. The Balaban J connectivity index is 1.76. The highest BCUT2D eigenvalue weighted by Gasteiger charge is 2.14. The van der Waals surface area contributed by atoms with Crippen molar-refractivity contribution < 1.29 is 13.5 Å². The third kappa shape index (κ3) is 3.70. The van der Waals surface area contributed by atoms with E-state index in [0.717, 1.165) is 5.56 Å². The Labute approximate surface area is 141 Å². The highest BCUT2D eigenvalue weighted by Crippen LogP contribution is 2.29. The maximum atomic E-state index is 12.5. The van der Waals surface area contributed by atoms with Crippen LogP contribution in [0.4, 0.5) is 8.78 Å². The molecule has 0 saturated heterocycles. The lowest BCUT2D eigenvalue weighted by molar-refractivity contribution is -0.0503. The molecule has 8 heteroatoms. The second kappa shape index (κ2) is 7.39. The fourth-order valence-corrected chi connectivity index (χ4v) is 3.07. The lowest BCUT2D eigenvalue weighted by Crippen LogP contribution is -2.04. The highest BCUT2D eigenvalue weighted by atomic mass is 32.2. The molecule has 0 radical (unpaired) electrons. The van der Waals surface area contributed by atoms with E-state index in [1.165, 1.54) is 17.8 Å². The van der Waals surface area contributed by atoms with Gasteiger partial charge in [-0.1, -0.05) is 30.0 Å². The van der Waals surface area contributed by atoms with Gasteiger partial charge in [0.25, 0.3) is 0 Å². The summed E-state index contributed by atoms with van der Waals surface area (Å²) in [5.74, 6) is 1.32. The van der Waals surface area contributed by atoms with Gasteiger partial charge < -0.3 is 9.30 Å². The summed E-state index contributed by atoms with van der Waals surface area (Å²) in [6.07, 6.45) is 3.40. The summed E-state index contributed by atoms with van der Waals surface area (Å²) in [7, 11) is 1.85. The van der Waals surface area contributed by atoms with Crippen LogP contribution < -0.4 is 4.74 Å². The van der Waals surface area contributed by atoms with E-state index in [1.54, 1.807) is 30.6 Å². The third-order valence-electron chi connectivity index (χ3n) is 3.30. The van der Waals surface area contributed by atoms with Crippen molar-refractivity contribution in [2.24, 2.45) is 7.05 Å². The molecule has 0 aliphatic heterocycles. The number of benzene rings is 1. The third-order valence-corrected chi connectivity index (χ3v) is 4.37. The molecule has 3 rings (SSSR count). The second-order valence-electron chi connectivity index (χ2n) is 4.88. The molecule has 1 aromatic carbocycles. The van der Waals surface area contributed by atoms with Crippen LogP contribution in [0.15, 0.2) is 53.9 Å². The Hall–Kier alpha value is -2.48. The minimum atomic E-state index is -2.84. The van der Waals surface area contributed by atoms with E-state index in [-0.39, 0.29) is 5.75 Å². The van der Waals surface area contributed by atoms with Crippen LogP contribution in [0.1, 0.15) is 5.56 Å². The van der Waals surface area contributed by atoms with Crippen LogP contribution in [0, 0.1) is 0 Å². The molecule has 0 bridgehead atoms.